The van der Waals surface area contributed by atoms with E-state index in [1.165, 1.54) is 4.90 Å². The summed E-state index contributed by atoms with van der Waals surface area (Å²) in [6.07, 6.45) is -0.931. The fraction of sp³-hybridized carbons (Fsp3) is 0.364. The Balaban J connectivity index is 2.43. The molecule has 16 heavy (non-hydrogen) atoms. The lowest BCUT2D eigenvalue weighted by Crippen LogP contribution is -2.44. The van der Waals surface area contributed by atoms with E-state index in [9.17, 15) is 9.90 Å². The van der Waals surface area contributed by atoms with E-state index < -0.39 is 11.8 Å². The van der Waals surface area contributed by atoms with Crippen LogP contribution in [0.4, 0.5) is 10.5 Å². The number of hydrogen-bond donors (Lipinski definition) is 2. The van der Waals surface area contributed by atoms with Crippen LogP contribution in [0.15, 0.2) is 24.3 Å². The average molecular weight is 241 g/mol. The average Bonchev–Trinajstić information content (AvgIpc) is 2.39. The first-order chi connectivity index (χ1) is 7.43. The number of urea groups is 1. The first-order valence-corrected chi connectivity index (χ1v) is 5.35. The van der Waals surface area contributed by atoms with Gasteiger partial charge in [-0.2, -0.15) is 0 Å². The number of aliphatic hydroxyl groups is 1. The van der Waals surface area contributed by atoms with Gasteiger partial charge in [-0.1, -0.05) is 23.7 Å². The van der Waals surface area contributed by atoms with E-state index in [1.807, 2.05) is 0 Å². The minimum absolute atomic E-state index is 0.342. The molecule has 1 aromatic carbocycles. The van der Waals surface area contributed by atoms with Crippen molar-refractivity contribution in [3.8, 4) is 0 Å². The molecule has 1 unspecified atom stereocenters. The van der Waals surface area contributed by atoms with Crippen molar-refractivity contribution in [3.63, 3.8) is 0 Å². The summed E-state index contributed by atoms with van der Waals surface area (Å²) >= 11 is 6.00. The molecule has 4 nitrogen and oxygen atoms in total. The Morgan fingerprint density at radius 2 is 2.06 bits per heavy atom. The first-order valence-electron chi connectivity index (χ1n) is 4.97. The third kappa shape index (κ3) is 1.64. The summed E-state index contributed by atoms with van der Waals surface area (Å²) in [6.45, 7) is 3.51. The molecule has 2 amide bonds. The number of amides is 2. The Bertz CT molecular complexity index is 434. The number of carbonyl (C=O) groups is 1. The first kappa shape index (κ1) is 11.2. The van der Waals surface area contributed by atoms with Crippen LogP contribution in [0.3, 0.4) is 0 Å². The van der Waals surface area contributed by atoms with Gasteiger partial charge in [0.25, 0.3) is 0 Å². The van der Waals surface area contributed by atoms with Crippen LogP contribution in [0.2, 0.25) is 5.02 Å². The SMILES string of the molecule is CC1(C)NC(=O)N(c2ccccc2Cl)C1O. The van der Waals surface area contributed by atoms with Gasteiger partial charge in [0.15, 0.2) is 6.23 Å². The Morgan fingerprint density at radius 1 is 1.44 bits per heavy atom. The maximum atomic E-state index is 11.7. The molecule has 1 aliphatic rings. The molecule has 5 heteroatoms. The van der Waals surface area contributed by atoms with E-state index >= 15 is 0 Å². The van der Waals surface area contributed by atoms with Crippen molar-refractivity contribution in [2.45, 2.75) is 25.6 Å². The summed E-state index contributed by atoms with van der Waals surface area (Å²) in [5, 5.41) is 13.2. The standard InChI is InChI=1S/C11H13ClN2O2/c1-11(2)9(15)14(10(16)13-11)8-6-4-3-5-7(8)12/h3-6,9,15H,1-2H3,(H,13,16). The molecule has 0 aliphatic carbocycles. The topological polar surface area (TPSA) is 52.6 Å². The van der Waals surface area contributed by atoms with E-state index in [1.54, 1.807) is 38.1 Å². The van der Waals surface area contributed by atoms with Crippen LogP contribution in [0, 0.1) is 0 Å². The third-order valence-corrected chi connectivity index (χ3v) is 2.97. The lowest BCUT2D eigenvalue weighted by molar-refractivity contribution is 0.120. The third-order valence-electron chi connectivity index (χ3n) is 2.65. The second-order valence-corrected chi connectivity index (χ2v) is 4.75. The smallest absolute Gasteiger partial charge is 0.324 e. The van der Waals surface area contributed by atoms with Crippen molar-refractivity contribution in [3.05, 3.63) is 29.3 Å². The zero-order chi connectivity index (χ0) is 11.9. The molecule has 0 bridgehead atoms. The highest BCUT2D eigenvalue weighted by atomic mass is 35.5. The van der Waals surface area contributed by atoms with E-state index in [4.69, 9.17) is 11.6 Å². The van der Waals surface area contributed by atoms with Crippen molar-refractivity contribution in [2.75, 3.05) is 4.90 Å². The normalized spacial score (nSPS) is 23.4. The van der Waals surface area contributed by atoms with Crippen molar-refractivity contribution in [1.29, 1.82) is 0 Å². The zero-order valence-corrected chi connectivity index (χ0v) is 9.82. The van der Waals surface area contributed by atoms with Crippen molar-refractivity contribution < 1.29 is 9.90 Å². The molecule has 1 heterocycles. The van der Waals surface area contributed by atoms with Gasteiger partial charge in [0.2, 0.25) is 0 Å². The van der Waals surface area contributed by atoms with E-state index in [0.717, 1.165) is 0 Å². The number of nitrogens with zero attached hydrogens (tertiary/aromatic N) is 1. The summed E-state index contributed by atoms with van der Waals surface area (Å²) in [5.41, 5.74) is -0.171. The molecule has 0 saturated carbocycles. The number of aliphatic hydroxyl groups excluding tert-OH is 1. The van der Waals surface area contributed by atoms with Crippen molar-refractivity contribution in [1.82, 2.24) is 5.32 Å². The van der Waals surface area contributed by atoms with E-state index in [0.29, 0.717) is 10.7 Å². The summed E-state index contributed by atoms with van der Waals surface area (Å²) in [5.74, 6) is 0. The molecular formula is C11H13ClN2O2. The number of benzene rings is 1. The lowest BCUT2D eigenvalue weighted by atomic mass is 10.1. The molecule has 1 fully saturated rings. The molecule has 2 N–H and O–H groups in total. The van der Waals surface area contributed by atoms with Gasteiger partial charge >= 0.3 is 6.03 Å². The molecule has 1 aliphatic heterocycles. The predicted octanol–water partition coefficient (Wildman–Crippen LogP) is 1.97. The Hall–Kier alpha value is -1.26. The van der Waals surface area contributed by atoms with Crippen LogP contribution in [-0.4, -0.2) is 22.9 Å². The number of rotatable bonds is 1. The van der Waals surface area contributed by atoms with Crippen LogP contribution >= 0.6 is 11.6 Å². The van der Waals surface area contributed by atoms with Gasteiger partial charge in [-0.15, -0.1) is 0 Å². The predicted molar refractivity (Wildman–Crippen MR) is 62.5 cm³/mol. The minimum Gasteiger partial charge on any atom is -0.371 e. The summed E-state index contributed by atoms with van der Waals surface area (Å²) in [6, 6.07) is 6.59. The lowest BCUT2D eigenvalue weighted by Gasteiger charge is -2.26. The van der Waals surface area contributed by atoms with Gasteiger partial charge in [0.05, 0.1) is 16.2 Å². The molecule has 1 saturated heterocycles. The number of carbonyl (C=O) groups excluding carboxylic acids is 1. The molecule has 1 aromatic rings. The quantitative estimate of drug-likeness (QED) is 0.789. The largest absolute Gasteiger partial charge is 0.371 e. The highest BCUT2D eigenvalue weighted by Crippen LogP contribution is 2.32. The van der Waals surface area contributed by atoms with Crippen LogP contribution in [-0.2, 0) is 0 Å². The van der Waals surface area contributed by atoms with Gasteiger partial charge < -0.3 is 10.4 Å². The second kappa shape index (κ2) is 3.64. The fourth-order valence-electron chi connectivity index (χ4n) is 1.72. The number of para-hydroxylation sites is 1. The minimum atomic E-state index is -0.931. The Morgan fingerprint density at radius 3 is 2.56 bits per heavy atom. The molecule has 0 radical (unpaired) electrons. The molecule has 0 aromatic heterocycles. The summed E-state index contributed by atoms with van der Waals surface area (Å²) in [4.78, 5) is 13.0. The van der Waals surface area contributed by atoms with Crippen molar-refractivity contribution >= 4 is 23.3 Å². The van der Waals surface area contributed by atoms with Crippen LogP contribution in [0.25, 0.3) is 0 Å². The maximum Gasteiger partial charge on any atom is 0.324 e. The Labute approximate surface area is 98.8 Å². The van der Waals surface area contributed by atoms with E-state index in [2.05, 4.69) is 5.32 Å². The number of anilines is 1. The fourth-order valence-corrected chi connectivity index (χ4v) is 1.95. The Kier molecular flexibility index (Phi) is 2.56. The molecule has 1 atom stereocenters. The maximum absolute atomic E-state index is 11.7. The number of halogens is 1. The molecular weight excluding hydrogens is 228 g/mol. The van der Waals surface area contributed by atoms with Crippen LogP contribution < -0.4 is 10.2 Å². The van der Waals surface area contributed by atoms with Gasteiger partial charge in [0.1, 0.15) is 0 Å². The van der Waals surface area contributed by atoms with E-state index in [-0.39, 0.29) is 6.03 Å². The van der Waals surface area contributed by atoms with Crippen molar-refractivity contribution in [2.24, 2.45) is 0 Å². The zero-order valence-electron chi connectivity index (χ0n) is 9.07. The van der Waals surface area contributed by atoms with Gasteiger partial charge in [-0.05, 0) is 26.0 Å². The molecule has 2 rings (SSSR count). The van der Waals surface area contributed by atoms with Gasteiger partial charge in [-0.3, -0.25) is 4.90 Å². The van der Waals surface area contributed by atoms with Gasteiger partial charge in [-0.25, -0.2) is 4.79 Å². The summed E-state index contributed by atoms with van der Waals surface area (Å²) in [7, 11) is 0. The second-order valence-electron chi connectivity index (χ2n) is 4.35. The molecule has 0 spiro atoms. The highest BCUT2D eigenvalue weighted by molar-refractivity contribution is 6.33. The monoisotopic (exact) mass is 240 g/mol. The molecule has 86 valence electrons. The number of hydrogen-bond acceptors (Lipinski definition) is 2. The highest BCUT2D eigenvalue weighted by Gasteiger charge is 2.45. The van der Waals surface area contributed by atoms with Gasteiger partial charge in [0, 0.05) is 0 Å². The van der Waals surface area contributed by atoms with Crippen LogP contribution in [0.5, 0.6) is 0 Å². The summed E-state index contributed by atoms with van der Waals surface area (Å²) < 4.78 is 0. The number of nitrogens with one attached hydrogen (secondary N) is 1. The van der Waals surface area contributed by atoms with Crippen LogP contribution in [0.1, 0.15) is 13.8 Å².